The molecule has 0 saturated carbocycles. The van der Waals surface area contributed by atoms with Gasteiger partial charge in [0.1, 0.15) is 5.56 Å². The number of nitrogens with zero attached hydrogens (tertiary/aromatic N) is 1. The number of carbonyl (C=O) groups is 1. The molecule has 0 spiro atoms. The van der Waals surface area contributed by atoms with Gasteiger partial charge in [0.15, 0.2) is 0 Å². The van der Waals surface area contributed by atoms with Gasteiger partial charge in [-0.1, -0.05) is 12.1 Å². The molecule has 0 heterocycles. The van der Waals surface area contributed by atoms with E-state index in [1.54, 1.807) is 13.0 Å². The Morgan fingerprint density at radius 2 is 2.15 bits per heavy atom. The van der Waals surface area contributed by atoms with Gasteiger partial charge in [-0.2, -0.15) is 0 Å². The highest BCUT2D eigenvalue weighted by atomic mass is 16.6. The number of nitro groups is 1. The van der Waals surface area contributed by atoms with Crippen LogP contribution in [0.4, 0.5) is 5.69 Å². The van der Waals surface area contributed by atoms with Crippen LogP contribution in [0.15, 0.2) is 24.3 Å². The molecule has 0 aliphatic rings. The number of hydrogen-bond acceptors (Lipinski definition) is 5. The summed E-state index contributed by atoms with van der Waals surface area (Å²) in [6.07, 6.45) is 0.348. The van der Waals surface area contributed by atoms with Crippen molar-refractivity contribution in [1.29, 1.82) is 0 Å². The first-order valence-corrected chi connectivity index (χ1v) is 6.10. The molecule has 1 rings (SSSR count). The van der Waals surface area contributed by atoms with Crippen LogP contribution in [0, 0.1) is 10.1 Å². The first-order valence-electron chi connectivity index (χ1n) is 6.10. The summed E-state index contributed by atoms with van der Waals surface area (Å²) in [6, 6.07) is 5.67. The standard InChI is InChI=1S/C13H18N2O5/c1-13(17,7-8-20-2)9-14-12(16)10-5-3-4-6-11(10)15(18)19/h3-6,17H,7-9H2,1-2H3,(H,14,16). The number of nitrogens with one attached hydrogen (secondary N) is 1. The SMILES string of the molecule is COCCC(C)(O)CNC(=O)c1ccccc1[N+](=O)[O-]. The van der Waals surface area contributed by atoms with E-state index in [4.69, 9.17) is 4.74 Å². The molecular weight excluding hydrogens is 264 g/mol. The summed E-state index contributed by atoms with van der Waals surface area (Å²) in [7, 11) is 1.52. The lowest BCUT2D eigenvalue weighted by Gasteiger charge is -2.23. The first-order chi connectivity index (χ1) is 9.37. The van der Waals surface area contributed by atoms with Crippen molar-refractivity contribution in [3.05, 3.63) is 39.9 Å². The van der Waals surface area contributed by atoms with E-state index in [-0.39, 0.29) is 17.8 Å². The van der Waals surface area contributed by atoms with Crippen LogP contribution in [-0.2, 0) is 4.74 Å². The van der Waals surface area contributed by atoms with Crippen molar-refractivity contribution in [2.75, 3.05) is 20.3 Å². The molecular formula is C13H18N2O5. The molecule has 7 heteroatoms. The highest BCUT2D eigenvalue weighted by Crippen LogP contribution is 2.17. The Morgan fingerprint density at radius 3 is 2.75 bits per heavy atom. The van der Waals surface area contributed by atoms with E-state index in [0.717, 1.165) is 0 Å². The second-order valence-corrected chi connectivity index (χ2v) is 4.70. The summed E-state index contributed by atoms with van der Waals surface area (Å²) >= 11 is 0. The Hall–Kier alpha value is -1.99. The van der Waals surface area contributed by atoms with Crippen LogP contribution >= 0.6 is 0 Å². The van der Waals surface area contributed by atoms with E-state index < -0.39 is 16.4 Å². The highest BCUT2D eigenvalue weighted by molar-refractivity contribution is 5.98. The molecule has 110 valence electrons. The Labute approximate surface area is 116 Å². The molecule has 1 atom stereocenters. The quantitative estimate of drug-likeness (QED) is 0.576. The maximum atomic E-state index is 11.9. The van der Waals surface area contributed by atoms with Crippen LogP contribution in [0.2, 0.25) is 0 Å². The molecule has 0 fully saturated rings. The number of aliphatic hydroxyl groups is 1. The summed E-state index contributed by atoms with van der Waals surface area (Å²) in [6.45, 7) is 1.90. The summed E-state index contributed by atoms with van der Waals surface area (Å²) in [5.74, 6) is -0.588. The third-order valence-electron chi connectivity index (χ3n) is 2.82. The fourth-order valence-electron chi connectivity index (χ4n) is 1.60. The number of benzene rings is 1. The van der Waals surface area contributed by atoms with Gasteiger partial charge in [0.05, 0.1) is 10.5 Å². The molecule has 2 N–H and O–H groups in total. The van der Waals surface area contributed by atoms with E-state index in [2.05, 4.69) is 5.32 Å². The molecule has 7 nitrogen and oxygen atoms in total. The van der Waals surface area contributed by atoms with Gasteiger partial charge in [0, 0.05) is 32.7 Å². The summed E-state index contributed by atoms with van der Waals surface area (Å²) in [4.78, 5) is 22.1. The van der Waals surface area contributed by atoms with Crippen molar-refractivity contribution in [2.24, 2.45) is 0 Å². The molecule has 0 saturated heterocycles. The molecule has 0 radical (unpaired) electrons. The van der Waals surface area contributed by atoms with Crippen LogP contribution in [0.3, 0.4) is 0 Å². The van der Waals surface area contributed by atoms with E-state index in [0.29, 0.717) is 13.0 Å². The second kappa shape index (κ2) is 6.97. The molecule has 0 bridgehead atoms. The number of ether oxygens (including phenoxy) is 1. The zero-order valence-corrected chi connectivity index (χ0v) is 11.5. The monoisotopic (exact) mass is 282 g/mol. The van der Waals surface area contributed by atoms with Crippen molar-refractivity contribution in [2.45, 2.75) is 18.9 Å². The van der Waals surface area contributed by atoms with Crippen molar-refractivity contribution in [1.82, 2.24) is 5.32 Å². The molecule has 1 amide bonds. The molecule has 1 aromatic rings. The number of hydrogen-bond donors (Lipinski definition) is 2. The summed E-state index contributed by atoms with van der Waals surface area (Å²) in [5.41, 5.74) is -1.42. The van der Waals surface area contributed by atoms with Crippen LogP contribution in [-0.4, -0.2) is 41.8 Å². The average molecular weight is 282 g/mol. The maximum Gasteiger partial charge on any atom is 0.282 e. The number of carbonyl (C=O) groups excluding carboxylic acids is 1. The number of nitro benzene ring substituents is 1. The van der Waals surface area contributed by atoms with Gasteiger partial charge in [0.2, 0.25) is 0 Å². The average Bonchev–Trinajstić information content (AvgIpc) is 2.42. The zero-order chi connectivity index (χ0) is 15.2. The van der Waals surface area contributed by atoms with Crippen molar-refractivity contribution in [3.8, 4) is 0 Å². The van der Waals surface area contributed by atoms with Crippen LogP contribution in [0.5, 0.6) is 0 Å². The van der Waals surface area contributed by atoms with Gasteiger partial charge in [-0.15, -0.1) is 0 Å². The number of para-hydroxylation sites is 1. The predicted octanol–water partition coefficient (Wildman–Crippen LogP) is 1.11. The number of rotatable bonds is 7. The Bertz CT molecular complexity index is 487. The second-order valence-electron chi connectivity index (χ2n) is 4.70. The smallest absolute Gasteiger partial charge is 0.282 e. The van der Waals surface area contributed by atoms with Gasteiger partial charge in [-0.05, 0) is 13.0 Å². The molecule has 0 aliphatic heterocycles. The lowest BCUT2D eigenvalue weighted by Crippen LogP contribution is -2.41. The predicted molar refractivity (Wildman–Crippen MR) is 72.5 cm³/mol. The normalized spacial score (nSPS) is 13.6. The maximum absolute atomic E-state index is 11.9. The fourth-order valence-corrected chi connectivity index (χ4v) is 1.60. The number of amides is 1. The molecule has 1 unspecified atom stereocenters. The third kappa shape index (κ3) is 4.60. The minimum Gasteiger partial charge on any atom is -0.388 e. The minimum absolute atomic E-state index is 0.0127. The minimum atomic E-state index is -1.13. The molecule has 0 aromatic heterocycles. The van der Waals surface area contributed by atoms with Crippen molar-refractivity contribution < 1.29 is 19.6 Å². The Morgan fingerprint density at radius 1 is 1.50 bits per heavy atom. The third-order valence-corrected chi connectivity index (χ3v) is 2.82. The molecule has 20 heavy (non-hydrogen) atoms. The van der Waals surface area contributed by atoms with E-state index >= 15 is 0 Å². The fraction of sp³-hybridized carbons (Fsp3) is 0.462. The van der Waals surface area contributed by atoms with Crippen LogP contribution < -0.4 is 5.32 Å². The summed E-state index contributed by atoms with van der Waals surface area (Å²) < 4.78 is 4.86. The van der Waals surface area contributed by atoms with E-state index in [9.17, 15) is 20.0 Å². The summed E-state index contributed by atoms with van der Waals surface area (Å²) in [5, 5.41) is 23.3. The van der Waals surface area contributed by atoms with Gasteiger partial charge in [0.25, 0.3) is 11.6 Å². The molecule has 1 aromatic carbocycles. The highest BCUT2D eigenvalue weighted by Gasteiger charge is 2.24. The lowest BCUT2D eigenvalue weighted by atomic mass is 10.0. The van der Waals surface area contributed by atoms with Crippen LogP contribution in [0.1, 0.15) is 23.7 Å². The van der Waals surface area contributed by atoms with Gasteiger partial charge in [-0.25, -0.2) is 0 Å². The lowest BCUT2D eigenvalue weighted by molar-refractivity contribution is -0.385. The van der Waals surface area contributed by atoms with Gasteiger partial charge >= 0.3 is 0 Å². The zero-order valence-electron chi connectivity index (χ0n) is 11.5. The van der Waals surface area contributed by atoms with Gasteiger partial charge < -0.3 is 15.2 Å². The Kier molecular flexibility index (Phi) is 5.60. The largest absolute Gasteiger partial charge is 0.388 e. The Balaban J connectivity index is 2.70. The van der Waals surface area contributed by atoms with Crippen LogP contribution in [0.25, 0.3) is 0 Å². The number of methoxy groups -OCH3 is 1. The van der Waals surface area contributed by atoms with E-state index in [1.165, 1.54) is 25.3 Å². The first kappa shape index (κ1) is 16.1. The van der Waals surface area contributed by atoms with Crippen molar-refractivity contribution >= 4 is 11.6 Å². The molecule has 0 aliphatic carbocycles. The van der Waals surface area contributed by atoms with E-state index in [1.807, 2.05) is 0 Å². The topological polar surface area (TPSA) is 102 Å². The van der Waals surface area contributed by atoms with Crippen molar-refractivity contribution in [3.63, 3.8) is 0 Å². The van der Waals surface area contributed by atoms with Gasteiger partial charge in [-0.3, -0.25) is 14.9 Å².